The van der Waals surface area contributed by atoms with Crippen molar-refractivity contribution in [1.82, 2.24) is 9.97 Å². The maximum Gasteiger partial charge on any atom is 0.266 e. The predicted molar refractivity (Wildman–Crippen MR) is 104 cm³/mol. The van der Waals surface area contributed by atoms with Gasteiger partial charge in [-0.2, -0.15) is 0 Å². The Hall–Kier alpha value is -1.81. The van der Waals surface area contributed by atoms with Crippen molar-refractivity contribution in [3.05, 3.63) is 58.0 Å². The van der Waals surface area contributed by atoms with Crippen LogP contribution < -0.4 is 4.31 Å². The van der Waals surface area contributed by atoms with Crippen LogP contribution in [0.5, 0.6) is 0 Å². The van der Waals surface area contributed by atoms with Gasteiger partial charge in [0.1, 0.15) is 11.1 Å². The molecule has 26 heavy (non-hydrogen) atoms. The van der Waals surface area contributed by atoms with Crippen molar-refractivity contribution in [2.45, 2.75) is 31.4 Å². The number of hydrogen-bond donors (Lipinski definition) is 0. The summed E-state index contributed by atoms with van der Waals surface area (Å²) >= 11 is 2.75. The molecule has 0 radical (unpaired) electrons. The molecule has 0 amide bonds. The van der Waals surface area contributed by atoms with Crippen LogP contribution in [0.25, 0.3) is 0 Å². The molecule has 1 atom stereocenters. The van der Waals surface area contributed by atoms with Gasteiger partial charge in [0, 0.05) is 23.6 Å². The van der Waals surface area contributed by atoms with Gasteiger partial charge in [-0.25, -0.2) is 22.7 Å². The molecule has 0 aliphatic carbocycles. The Bertz CT molecular complexity index is 925. The largest absolute Gasteiger partial charge is 0.372 e. The minimum absolute atomic E-state index is 0.113. The van der Waals surface area contributed by atoms with Crippen LogP contribution in [-0.2, 0) is 21.3 Å². The van der Waals surface area contributed by atoms with Gasteiger partial charge in [0.2, 0.25) is 0 Å². The van der Waals surface area contributed by atoms with Crippen LogP contribution in [0.1, 0.15) is 30.7 Å². The molecule has 1 aromatic carbocycles. The van der Waals surface area contributed by atoms with Crippen LogP contribution >= 0.6 is 22.7 Å². The van der Waals surface area contributed by atoms with Crippen molar-refractivity contribution < 1.29 is 13.2 Å². The van der Waals surface area contributed by atoms with Gasteiger partial charge in [-0.15, -0.1) is 22.7 Å². The van der Waals surface area contributed by atoms with Crippen molar-refractivity contribution in [2.24, 2.45) is 0 Å². The number of rotatable bonds is 8. The zero-order chi connectivity index (χ0) is 18.6. The summed E-state index contributed by atoms with van der Waals surface area (Å²) in [6.07, 6.45) is 1.48. The summed E-state index contributed by atoms with van der Waals surface area (Å²) in [7, 11) is -3.73. The summed E-state index contributed by atoms with van der Waals surface area (Å²) in [4.78, 5) is 8.97. The summed E-state index contributed by atoms with van der Waals surface area (Å²) in [5, 5.41) is 4.87. The van der Waals surface area contributed by atoms with E-state index < -0.39 is 10.0 Å². The third-order valence-electron chi connectivity index (χ3n) is 3.60. The number of benzene rings is 1. The first-order valence-electron chi connectivity index (χ1n) is 8.05. The molecule has 0 aliphatic heterocycles. The third kappa shape index (κ3) is 4.12. The van der Waals surface area contributed by atoms with E-state index >= 15 is 0 Å². The molecule has 0 N–H and O–H groups in total. The van der Waals surface area contributed by atoms with E-state index in [0.717, 1.165) is 5.01 Å². The summed E-state index contributed by atoms with van der Waals surface area (Å²) in [5.41, 5.74) is 0.672. The van der Waals surface area contributed by atoms with Crippen molar-refractivity contribution in [3.63, 3.8) is 0 Å². The van der Waals surface area contributed by atoms with E-state index in [1.54, 1.807) is 41.9 Å². The average Bonchev–Trinajstić information content (AvgIpc) is 3.32. The highest BCUT2D eigenvalue weighted by molar-refractivity contribution is 7.93. The number of sulfonamides is 1. The topological polar surface area (TPSA) is 72.4 Å². The van der Waals surface area contributed by atoms with E-state index in [9.17, 15) is 8.42 Å². The molecule has 0 aliphatic rings. The Morgan fingerprint density at radius 2 is 2.00 bits per heavy atom. The summed E-state index contributed by atoms with van der Waals surface area (Å²) in [5.74, 6) is 0. The normalized spacial score (nSPS) is 12.8. The molecule has 0 spiro atoms. The lowest BCUT2D eigenvalue weighted by Crippen LogP contribution is -2.30. The quantitative estimate of drug-likeness (QED) is 0.560. The van der Waals surface area contributed by atoms with Crippen LogP contribution in [-0.4, -0.2) is 25.0 Å². The Kier molecular flexibility index (Phi) is 6.02. The fraction of sp³-hybridized carbons (Fsp3) is 0.294. The molecule has 0 bridgehead atoms. The SMILES string of the molecule is CCOC(C)c1nc(CN(c2nccs2)S(=O)(=O)c2ccccc2)cs1. The smallest absolute Gasteiger partial charge is 0.266 e. The first kappa shape index (κ1) is 19.0. The highest BCUT2D eigenvalue weighted by Gasteiger charge is 2.28. The van der Waals surface area contributed by atoms with Gasteiger partial charge in [-0.1, -0.05) is 18.2 Å². The van der Waals surface area contributed by atoms with Crippen LogP contribution in [0, 0.1) is 0 Å². The number of ether oxygens (including phenoxy) is 1. The van der Waals surface area contributed by atoms with Crippen LogP contribution in [0.4, 0.5) is 5.13 Å². The van der Waals surface area contributed by atoms with Gasteiger partial charge in [0.05, 0.1) is 17.1 Å². The van der Waals surface area contributed by atoms with Crippen molar-refractivity contribution in [3.8, 4) is 0 Å². The second kappa shape index (κ2) is 8.26. The lowest BCUT2D eigenvalue weighted by atomic mass is 10.4. The molecule has 2 aromatic heterocycles. The molecule has 9 heteroatoms. The summed E-state index contributed by atoms with van der Waals surface area (Å²) in [6.45, 7) is 4.59. The molecule has 0 fully saturated rings. The molecular weight excluding hydrogens is 390 g/mol. The van der Waals surface area contributed by atoms with Crippen LogP contribution in [0.2, 0.25) is 0 Å². The molecule has 1 unspecified atom stereocenters. The van der Waals surface area contributed by atoms with Crippen molar-refractivity contribution >= 4 is 37.8 Å². The van der Waals surface area contributed by atoms with Gasteiger partial charge in [0.15, 0.2) is 5.13 Å². The van der Waals surface area contributed by atoms with Gasteiger partial charge in [0.25, 0.3) is 10.0 Å². The van der Waals surface area contributed by atoms with Crippen molar-refractivity contribution in [1.29, 1.82) is 0 Å². The number of hydrogen-bond acceptors (Lipinski definition) is 7. The minimum atomic E-state index is -3.73. The minimum Gasteiger partial charge on any atom is -0.372 e. The van der Waals surface area contributed by atoms with E-state index in [4.69, 9.17) is 4.74 Å². The molecule has 2 heterocycles. The maximum absolute atomic E-state index is 13.1. The average molecular weight is 410 g/mol. The lowest BCUT2D eigenvalue weighted by molar-refractivity contribution is 0.0761. The second-order valence-electron chi connectivity index (χ2n) is 5.41. The number of anilines is 1. The highest BCUT2D eigenvalue weighted by atomic mass is 32.2. The molecule has 138 valence electrons. The first-order valence-corrected chi connectivity index (χ1v) is 11.3. The van der Waals surface area contributed by atoms with Gasteiger partial charge < -0.3 is 4.74 Å². The third-order valence-corrected chi connectivity index (χ3v) is 7.32. The van der Waals surface area contributed by atoms with E-state index in [-0.39, 0.29) is 17.5 Å². The maximum atomic E-state index is 13.1. The van der Waals surface area contributed by atoms with E-state index in [1.165, 1.54) is 27.0 Å². The summed E-state index contributed by atoms with van der Waals surface area (Å²) < 4.78 is 33.1. The fourth-order valence-corrected chi connectivity index (χ4v) is 5.46. The van der Waals surface area contributed by atoms with Crippen molar-refractivity contribution in [2.75, 3.05) is 10.9 Å². The van der Waals surface area contributed by atoms with Crippen LogP contribution in [0.3, 0.4) is 0 Å². The van der Waals surface area contributed by atoms with Gasteiger partial charge >= 0.3 is 0 Å². The highest BCUT2D eigenvalue weighted by Crippen LogP contribution is 2.29. The van der Waals surface area contributed by atoms with Crippen LogP contribution in [0.15, 0.2) is 52.2 Å². The van der Waals surface area contributed by atoms with E-state index in [1.807, 2.05) is 19.2 Å². The number of thiazole rings is 2. The number of aromatic nitrogens is 2. The van der Waals surface area contributed by atoms with Gasteiger partial charge in [-0.3, -0.25) is 0 Å². The molecule has 6 nitrogen and oxygen atoms in total. The van der Waals surface area contributed by atoms with E-state index in [2.05, 4.69) is 9.97 Å². The first-order chi connectivity index (χ1) is 12.5. The Morgan fingerprint density at radius 1 is 1.23 bits per heavy atom. The Balaban J connectivity index is 1.92. The molecule has 0 saturated carbocycles. The monoisotopic (exact) mass is 409 g/mol. The predicted octanol–water partition coefficient (Wildman–Crippen LogP) is 4.09. The zero-order valence-corrected chi connectivity index (χ0v) is 16.9. The standard InChI is InChI=1S/C17H19N3O3S3/c1-3-23-13(2)16-19-14(12-25-16)11-20(17-18-9-10-24-17)26(21,22)15-7-5-4-6-8-15/h4-10,12-13H,3,11H2,1-2H3. The Labute approximate surface area is 161 Å². The lowest BCUT2D eigenvalue weighted by Gasteiger charge is -2.20. The van der Waals surface area contributed by atoms with E-state index in [0.29, 0.717) is 17.4 Å². The van der Waals surface area contributed by atoms with Gasteiger partial charge in [-0.05, 0) is 26.0 Å². The molecule has 3 aromatic rings. The Morgan fingerprint density at radius 3 is 2.65 bits per heavy atom. The number of nitrogens with zero attached hydrogens (tertiary/aromatic N) is 3. The second-order valence-corrected chi connectivity index (χ2v) is 9.04. The molecular formula is C17H19N3O3S3. The molecule has 3 rings (SSSR count). The zero-order valence-electron chi connectivity index (χ0n) is 14.4. The summed E-state index contributed by atoms with van der Waals surface area (Å²) in [6, 6.07) is 8.36. The fourth-order valence-electron chi connectivity index (χ4n) is 2.36. The molecule has 0 saturated heterocycles.